The summed E-state index contributed by atoms with van der Waals surface area (Å²) in [6.45, 7) is 3.34. The summed E-state index contributed by atoms with van der Waals surface area (Å²) in [6.07, 6.45) is 9.89. The molecule has 0 bridgehead atoms. The van der Waals surface area contributed by atoms with Crippen LogP contribution in [0.2, 0.25) is 0 Å². The summed E-state index contributed by atoms with van der Waals surface area (Å²) >= 11 is 0. The van der Waals surface area contributed by atoms with Gasteiger partial charge in [-0.2, -0.15) is 0 Å². The number of aromatic nitrogens is 1. The van der Waals surface area contributed by atoms with E-state index in [0.29, 0.717) is 41.8 Å². The highest BCUT2D eigenvalue weighted by Crippen LogP contribution is 2.31. The summed E-state index contributed by atoms with van der Waals surface area (Å²) < 4.78 is 5.23. The number of aliphatic hydroxyl groups is 1. The van der Waals surface area contributed by atoms with Crippen molar-refractivity contribution < 1.29 is 24.5 Å². The number of hydrogen-bond acceptors (Lipinski definition) is 8. The van der Waals surface area contributed by atoms with Gasteiger partial charge < -0.3 is 26.0 Å². The Morgan fingerprint density at radius 1 is 1.21 bits per heavy atom. The van der Waals surface area contributed by atoms with Crippen LogP contribution in [0.5, 0.6) is 11.5 Å². The number of anilines is 1. The molecule has 5 N–H and O–H groups in total. The number of methoxy groups -OCH3 is 1. The summed E-state index contributed by atoms with van der Waals surface area (Å²) in [4.78, 5) is 29.2. The summed E-state index contributed by atoms with van der Waals surface area (Å²) in [6, 6.07) is 6.84. The molecule has 0 saturated heterocycles. The van der Waals surface area contributed by atoms with Gasteiger partial charge in [-0.05, 0) is 98.5 Å². The van der Waals surface area contributed by atoms with E-state index >= 15 is 0 Å². The van der Waals surface area contributed by atoms with Crippen LogP contribution >= 0.6 is 0 Å². The number of Topliss-reactive ketones (excluding diaryl/α,β-unsaturated/α-hetero) is 1. The third-order valence-corrected chi connectivity index (χ3v) is 6.63. The van der Waals surface area contributed by atoms with E-state index in [-0.39, 0.29) is 30.3 Å². The van der Waals surface area contributed by atoms with E-state index in [1.807, 2.05) is 13.1 Å². The summed E-state index contributed by atoms with van der Waals surface area (Å²) in [7, 11) is 3.41. The number of ketones is 2. The summed E-state index contributed by atoms with van der Waals surface area (Å²) in [5.74, 6) is 1.39. The monoisotopic (exact) mass is 525 g/mol. The van der Waals surface area contributed by atoms with Gasteiger partial charge in [0.2, 0.25) is 0 Å². The number of nitrogens with two attached hydrogens (primary N) is 1. The van der Waals surface area contributed by atoms with Gasteiger partial charge >= 0.3 is 0 Å². The number of nitrogens with one attached hydrogen (secondary N) is 1. The van der Waals surface area contributed by atoms with Crippen LogP contribution in [0.4, 0.5) is 5.82 Å². The van der Waals surface area contributed by atoms with Crippen molar-refractivity contribution in [1.82, 2.24) is 10.3 Å². The van der Waals surface area contributed by atoms with Crippen LogP contribution in [-0.4, -0.2) is 54.1 Å². The molecule has 2 atom stereocenters. The maximum absolute atomic E-state index is 12.6. The number of hydrogen-bond donors (Lipinski definition) is 4. The molecular formula is C30H43N3O5. The van der Waals surface area contributed by atoms with Crippen LogP contribution < -0.4 is 15.8 Å². The minimum Gasteiger partial charge on any atom is -0.504 e. The van der Waals surface area contributed by atoms with E-state index < -0.39 is 0 Å². The Labute approximate surface area is 226 Å². The molecule has 0 aliphatic heterocycles. The lowest BCUT2D eigenvalue weighted by Crippen LogP contribution is -2.19. The summed E-state index contributed by atoms with van der Waals surface area (Å²) in [5.41, 5.74) is 8.06. The molecule has 0 aliphatic carbocycles. The number of carbonyl (C=O) groups is 2. The van der Waals surface area contributed by atoms with Crippen molar-refractivity contribution in [3.8, 4) is 11.5 Å². The number of nitrogen functional groups attached to an aromatic ring is 1. The number of allylic oxidation sites excluding steroid dienone is 1. The lowest BCUT2D eigenvalue weighted by atomic mass is 9.87. The number of benzene rings is 1. The number of pyridine rings is 1. The fraction of sp³-hybridized carbons (Fsp3) is 0.500. The number of phenolic OH excluding ortho intramolecular Hbond substituents is 1. The largest absolute Gasteiger partial charge is 0.504 e. The molecule has 2 rings (SSSR count). The summed E-state index contributed by atoms with van der Waals surface area (Å²) in [5, 5.41) is 22.7. The standard InChI is InChI=1S/C30H43N3O5/c1-21(19-32-2)14-22(7-5-13-34)6-4-8-26(35)18-27(36)11-10-24-17-29(38-3)28(37)16-25(24)15-23-9-12-30(31)33-20-23/h9-12,16-17,20-22,32,34,37H,4-8,13-15,18-19H2,1-3H3,(H2,31,33)/t21-,22+/m1/s1. The average Bonchev–Trinajstić information content (AvgIpc) is 2.88. The van der Waals surface area contributed by atoms with Crippen LogP contribution in [0, 0.1) is 11.8 Å². The van der Waals surface area contributed by atoms with Gasteiger partial charge in [0.15, 0.2) is 17.3 Å². The van der Waals surface area contributed by atoms with Gasteiger partial charge in [-0.15, -0.1) is 0 Å². The van der Waals surface area contributed by atoms with Gasteiger partial charge in [-0.1, -0.05) is 25.5 Å². The smallest absolute Gasteiger partial charge is 0.163 e. The minimum atomic E-state index is -0.262. The number of nitrogens with zero attached hydrogens (tertiary/aromatic N) is 1. The lowest BCUT2D eigenvalue weighted by Gasteiger charge is -2.20. The molecule has 8 nitrogen and oxygen atoms in total. The molecule has 8 heteroatoms. The molecule has 208 valence electrons. The molecule has 0 radical (unpaired) electrons. The first-order valence-corrected chi connectivity index (χ1v) is 13.3. The van der Waals surface area contributed by atoms with Crippen molar-refractivity contribution in [2.24, 2.45) is 11.8 Å². The van der Waals surface area contributed by atoms with Crippen molar-refractivity contribution in [3.05, 3.63) is 53.2 Å². The molecule has 2 aromatic rings. The third kappa shape index (κ3) is 11.0. The van der Waals surface area contributed by atoms with Crippen molar-refractivity contribution in [2.75, 3.05) is 33.0 Å². The first kappa shape index (κ1) is 31.0. The van der Waals surface area contributed by atoms with Gasteiger partial charge in [0.25, 0.3) is 0 Å². The number of rotatable bonds is 18. The molecule has 0 fully saturated rings. The zero-order valence-electron chi connectivity index (χ0n) is 22.9. The Kier molecular flexibility index (Phi) is 13.5. The minimum absolute atomic E-state index is 0.00204. The first-order chi connectivity index (χ1) is 18.2. The second kappa shape index (κ2) is 16.6. The van der Waals surface area contributed by atoms with E-state index in [1.165, 1.54) is 13.2 Å². The molecule has 1 aromatic carbocycles. The zero-order valence-corrected chi connectivity index (χ0v) is 22.9. The van der Waals surface area contributed by atoms with E-state index in [4.69, 9.17) is 10.5 Å². The van der Waals surface area contributed by atoms with Gasteiger partial charge in [-0.25, -0.2) is 4.98 Å². The van der Waals surface area contributed by atoms with Gasteiger partial charge in [0, 0.05) is 19.2 Å². The zero-order chi connectivity index (χ0) is 27.9. The predicted octanol–water partition coefficient (Wildman–Crippen LogP) is 4.31. The quantitative estimate of drug-likeness (QED) is 0.167. The lowest BCUT2D eigenvalue weighted by molar-refractivity contribution is -0.124. The molecule has 38 heavy (non-hydrogen) atoms. The Hall–Kier alpha value is -3.23. The van der Waals surface area contributed by atoms with Gasteiger partial charge in [-0.3, -0.25) is 9.59 Å². The fourth-order valence-electron chi connectivity index (χ4n) is 4.73. The van der Waals surface area contributed by atoms with Crippen LogP contribution in [0.1, 0.15) is 68.6 Å². The van der Waals surface area contributed by atoms with Crippen molar-refractivity contribution in [3.63, 3.8) is 0 Å². The molecule has 0 unspecified atom stereocenters. The molecule has 1 heterocycles. The fourth-order valence-corrected chi connectivity index (χ4v) is 4.73. The Balaban J connectivity index is 1.96. The number of phenols is 1. The molecule has 0 amide bonds. The van der Waals surface area contributed by atoms with Crippen LogP contribution in [0.25, 0.3) is 6.08 Å². The van der Waals surface area contributed by atoms with E-state index in [9.17, 15) is 19.8 Å². The van der Waals surface area contributed by atoms with E-state index in [1.54, 1.807) is 30.5 Å². The number of aliphatic hydroxyl groups excluding tert-OH is 1. The molecule has 0 spiro atoms. The van der Waals surface area contributed by atoms with Gasteiger partial charge in [0.1, 0.15) is 11.6 Å². The van der Waals surface area contributed by atoms with Crippen molar-refractivity contribution in [2.45, 2.75) is 58.3 Å². The SMILES string of the molecule is CNC[C@H](C)C[C@H](CCCO)CCCC(=O)CC(=O)C=Cc1cc(OC)c(O)cc1Cc1ccc(N)nc1. The highest BCUT2D eigenvalue weighted by Gasteiger charge is 2.15. The van der Waals surface area contributed by atoms with Gasteiger partial charge in [0.05, 0.1) is 13.5 Å². The molecule has 0 saturated carbocycles. The number of aromatic hydroxyl groups is 1. The Morgan fingerprint density at radius 2 is 1.97 bits per heavy atom. The predicted molar refractivity (Wildman–Crippen MR) is 151 cm³/mol. The first-order valence-electron chi connectivity index (χ1n) is 13.3. The second-order valence-electron chi connectivity index (χ2n) is 10.0. The Morgan fingerprint density at radius 3 is 2.63 bits per heavy atom. The average molecular weight is 526 g/mol. The third-order valence-electron chi connectivity index (χ3n) is 6.63. The highest BCUT2D eigenvalue weighted by molar-refractivity contribution is 6.06. The molecule has 1 aromatic heterocycles. The normalized spacial score (nSPS) is 12.9. The molecular weight excluding hydrogens is 482 g/mol. The highest BCUT2D eigenvalue weighted by atomic mass is 16.5. The topological polar surface area (TPSA) is 135 Å². The van der Waals surface area contributed by atoms with Crippen molar-refractivity contribution >= 4 is 23.5 Å². The van der Waals surface area contributed by atoms with Crippen LogP contribution in [0.3, 0.4) is 0 Å². The Bertz CT molecular complexity index is 1050. The van der Waals surface area contributed by atoms with Crippen molar-refractivity contribution in [1.29, 1.82) is 0 Å². The van der Waals surface area contributed by atoms with Crippen LogP contribution in [-0.2, 0) is 16.0 Å². The molecule has 0 aliphatic rings. The number of ether oxygens (including phenoxy) is 1. The van der Waals surface area contributed by atoms with Crippen LogP contribution in [0.15, 0.2) is 36.5 Å². The van der Waals surface area contributed by atoms with E-state index in [2.05, 4.69) is 17.2 Å². The number of carbonyl (C=O) groups excluding carboxylic acids is 2. The maximum Gasteiger partial charge on any atom is 0.163 e. The maximum atomic E-state index is 12.6. The van der Waals surface area contributed by atoms with E-state index in [0.717, 1.165) is 49.8 Å². The second-order valence-corrected chi connectivity index (χ2v) is 10.0.